The molecule has 0 aliphatic heterocycles. The van der Waals surface area contributed by atoms with Gasteiger partial charge in [0, 0.05) is 28.7 Å². The van der Waals surface area contributed by atoms with Crippen molar-refractivity contribution in [2.24, 2.45) is 0 Å². The van der Waals surface area contributed by atoms with Crippen molar-refractivity contribution in [3.05, 3.63) is 74.7 Å². The Morgan fingerprint density at radius 1 is 1.04 bits per heavy atom. The highest BCUT2D eigenvalue weighted by molar-refractivity contribution is 6.34. The number of aryl methyl sites for hydroxylation is 1. The number of hydrogen-bond donors (Lipinski definition) is 0. The normalized spacial score (nSPS) is 10.8. The van der Waals surface area contributed by atoms with Crippen molar-refractivity contribution >= 4 is 40.7 Å². The number of carbonyl (C=O) groups is 1. The maximum atomic E-state index is 12.7. The molecule has 0 unspecified atom stereocenters. The van der Waals surface area contributed by atoms with E-state index in [4.69, 9.17) is 34.8 Å². The van der Waals surface area contributed by atoms with E-state index in [0.717, 1.165) is 11.3 Å². The van der Waals surface area contributed by atoms with Crippen LogP contribution in [-0.2, 0) is 6.54 Å². The molecule has 3 rings (SSSR count). The molecule has 0 radical (unpaired) electrons. The van der Waals surface area contributed by atoms with Crippen LogP contribution in [0.15, 0.2) is 42.5 Å². The maximum Gasteiger partial charge on any atom is 0.293 e. The van der Waals surface area contributed by atoms with E-state index in [1.54, 1.807) is 49.0 Å². The van der Waals surface area contributed by atoms with Crippen LogP contribution in [0, 0.1) is 6.92 Å². The molecule has 0 saturated carbocycles. The SMILES string of the molecule is Cc1nc(C(=O)N(C)Cc2cc(Cl)cc(Cl)c2)nn1-c1ccc(Cl)cc1. The fourth-order valence-electron chi connectivity index (χ4n) is 2.53. The van der Waals surface area contributed by atoms with Crippen LogP contribution in [0.4, 0.5) is 0 Å². The zero-order chi connectivity index (χ0) is 18.8. The van der Waals surface area contributed by atoms with Crippen LogP contribution in [0.5, 0.6) is 0 Å². The Morgan fingerprint density at radius 2 is 1.65 bits per heavy atom. The van der Waals surface area contributed by atoms with Crippen LogP contribution >= 0.6 is 34.8 Å². The largest absolute Gasteiger partial charge is 0.335 e. The van der Waals surface area contributed by atoms with Crippen LogP contribution in [0.3, 0.4) is 0 Å². The van der Waals surface area contributed by atoms with Crippen molar-refractivity contribution in [3.63, 3.8) is 0 Å². The number of carbonyl (C=O) groups excluding carboxylic acids is 1. The second-order valence-corrected chi connectivity index (χ2v) is 7.12. The van der Waals surface area contributed by atoms with E-state index in [2.05, 4.69) is 10.1 Å². The summed E-state index contributed by atoms with van der Waals surface area (Å²) in [5, 5.41) is 6.00. The minimum atomic E-state index is -0.295. The molecule has 1 aromatic heterocycles. The van der Waals surface area contributed by atoms with Crippen molar-refractivity contribution in [3.8, 4) is 5.69 Å². The third kappa shape index (κ3) is 4.18. The monoisotopic (exact) mass is 408 g/mol. The Labute approximate surface area is 166 Å². The zero-order valence-corrected chi connectivity index (χ0v) is 16.3. The number of hydrogen-bond acceptors (Lipinski definition) is 3. The number of amides is 1. The number of aromatic nitrogens is 3. The maximum absolute atomic E-state index is 12.7. The third-order valence-electron chi connectivity index (χ3n) is 3.72. The quantitative estimate of drug-likeness (QED) is 0.621. The summed E-state index contributed by atoms with van der Waals surface area (Å²) < 4.78 is 1.60. The van der Waals surface area contributed by atoms with E-state index in [-0.39, 0.29) is 11.7 Å². The molecule has 0 N–H and O–H groups in total. The first-order valence-corrected chi connectivity index (χ1v) is 8.87. The molecule has 0 saturated heterocycles. The minimum absolute atomic E-state index is 0.119. The lowest BCUT2D eigenvalue weighted by Crippen LogP contribution is -2.27. The third-order valence-corrected chi connectivity index (χ3v) is 4.41. The second-order valence-electron chi connectivity index (χ2n) is 5.81. The van der Waals surface area contributed by atoms with Gasteiger partial charge in [0.1, 0.15) is 5.82 Å². The molecule has 0 atom stereocenters. The smallest absolute Gasteiger partial charge is 0.293 e. The predicted molar refractivity (Wildman–Crippen MR) is 103 cm³/mol. The van der Waals surface area contributed by atoms with Gasteiger partial charge < -0.3 is 4.90 Å². The Morgan fingerprint density at radius 3 is 2.27 bits per heavy atom. The van der Waals surface area contributed by atoms with Crippen LogP contribution in [0.1, 0.15) is 22.0 Å². The molecular weight excluding hydrogens is 395 g/mol. The first kappa shape index (κ1) is 18.7. The molecule has 0 spiro atoms. The number of benzene rings is 2. The summed E-state index contributed by atoms with van der Waals surface area (Å²) in [6, 6.07) is 12.3. The van der Waals surface area contributed by atoms with Gasteiger partial charge in [-0.2, -0.15) is 0 Å². The molecule has 134 valence electrons. The average Bonchev–Trinajstić information content (AvgIpc) is 2.95. The molecule has 0 bridgehead atoms. The predicted octanol–water partition coefficient (Wildman–Crippen LogP) is 4.81. The Hall–Kier alpha value is -2.08. The summed E-state index contributed by atoms with van der Waals surface area (Å²) in [5.74, 6) is 0.430. The molecule has 0 aliphatic carbocycles. The minimum Gasteiger partial charge on any atom is -0.335 e. The van der Waals surface area contributed by atoms with Crippen LogP contribution in [0.25, 0.3) is 5.69 Å². The summed E-state index contributed by atoms with van der Waals surface area (Å²) in [4.78, 5) is 18.5. The molecule has 1 amide bonds. The van der Waals surface area contributed by atoms with Crippen LogP contribution < -0.4 is 0 Å². The van der Waals surface area contributed by atoms with E-state index in [9.17, 15) is 4.79 Å². The highest BCUT2D eigenvalue weighted by atomic mass is 35.5. The lowest BCUT2D eigenvalue weighted by molar-refractivity contribution is 0.0773. The fraction of sp³-hybridized carbons (Fsp3) is 0.167. The number of halogens is 3. The molecule has 2 aromatic carbocycles. The van der Waals surface area contributed by atoms with Gasteiger partial charge in [-0.3, -0.25) is 4.79 Å². The van der Waals surface area contributed by atoms with E-state index in [1.807, 2.05) is 12.1 Å². The molecule has 8 heteroatoms. The average molecular weight is 410 g/mol. The molecule has 5 nitrogen and oxygen atoms in total. The first-order chi connectivity index (χ1) is 12.3. The summed E-state index contributed by atoms with van der Waals surface area (Å²) in [6.45, 7) is 2.13. The van der Waals surface area contributed by atoms with Gasteiger partial charge in [-0.15, -0.1) is 5.10 Å². The highest BCUT2D eigenvalue weighted by Gasteiger charge is 2.19. The van der Waals surface area contributed by atoms with Crippen molar-refractivity contribution in [1.82, 2.24) is 19.7 Å². The Kier molecular flexibility index (Phi) is 5.51. The van der Waals surface area contributed by atoms with Crippen LogP contribution in [-0.4, -0.2) is 32.6 Å². The first-order valence-electron chi connectivity index (χ1n) is 7.73. The van der Waals surface area contributed by atoms with Crippen molar-refractivity contribution in [2.45, 2.75) is 13.5 Å². The molecule has 3 aromatic rings. The van der Waals surface area contributed by atoms with Crippen LogP contribution in [0.2, 0.25) is 15.1 Å². The van der Waals surface area contributed by atoms with Gasteiger partial charge in [-0.05, 0) is 55.0 Å². The van der Waals surface area contributed by atoms with Gasteiger partial charge in [-0.1, -0.05) is 34.8 Å². The van der Waals surface area contributed by atoms with Crippen molar-refractivity contribution in [1.29, 1.82) is 0 Å². The molecule has 0 fully saturated rings. The van der Waals surface area contributed by atoms with Crippen molar-refractivity contribution in [2.75, 3.05) is 7.05 Å². The van der Waals surface area contributed by atoms with Gasteiger partial charge in [0.15, 0.2) is 0 Å². The number of nitrogens with zero attached hydrogens (tertiary/aromatic N) is 4. The summed E-state index contributed by atoms with van der Waals surface area (Å²) >= 11 is 17.9. The molecular formula is C18H15Cl3N4O. The second kappa shape index (κ2) is 7.66. The lowest BCUT2D eigenvalue weighted by Gasteiger charge is -2.15. The van der Waals surface area contributed by atoms with Gasteiger partial charge in [0.2, 0.25) is 5.82 Å². The van der Waals surface area contributed by atoms with E-state index >= 15 is 0 Å². The Balaban J connectivity index is 1.81. The molecule has 26 heavy (non-hydrogen) atoms. The number of rotatable bonds is 4. The lowest BCUT2D eigenvalue weighted by atomic mass is 10.2. The topological polar surface area (TPSA) is 51.0 Å². The van der Waals surface area contributed by atoms with Gasteiger partial charge in [0.25, 0.3) is 5.91 Å². The van der Waals surface area contributed by atoms with Gasteiger partial charge in [-0.25, -0.2) is 9.67 Å². The Bertz CT molecular complexity index is 933. The van der Waals surface area contributed by atoms with Gasteiger partial charge in [0.05, 0.1) is 5.69 Å². The zero-order valence-electron chi connectivity index (χ0n) is 14.1. The highest BCUT2D eigenvalue weighted by Crippen LogP contribution is 2.20. The van der Waals surface area contributed by atoms with E-state index < -0.39 is 0 Å². The molecule has 1 heterocycles. The molecule has 0 aliphatic rings. The summed E-state index contributed by atoms with van der Waals surface area (Å²) in [5.41, 5.74) is 1.61. The van der Waals surface area contributed by atoms with E-state index in [1.165, 1.54) is 4.90 Å². The van der Waals surface area contributed by atoms with Gasteiger partial charge >= 0.3 is 0 Å². The summed E-state index contributed by atoms with van der Waals surface area (Å²) in [7, 11) is 1.68. The fourth-order valence-corrected chi connectivity index (χ4v) is 3.22. The van der Waals surface area contributed by atoms with E-state index in [0.29, 0.717) is 27.4 Å². The van der Waals surface area contributed by atoms with Crippen molar-refractivity contribution < 1.29 is 4.79 Å². The summed E-state index contributed by atoms with van der Waals surface area (Å²) in [6.07, 6.45) is 0. The standard InChI is InChI=1S/C18H15Cl3N4O/c1-11-22-17(23-25(11)16-5-3-13(19)4-6-16)18(26)24(2)10-12-7-14(20)9-15(21)8-12/h3-9H,10H2,1-2H3.